The van der Waals surface area contributed by atoms with Gasteiger partial charge in [0.15, 0.2) is 11.5 Å². The predicted octanol–water partition coefficient (Wildman–Crippen LogP) is 2.25. The molecule has 36 heavy (non-hydrogen) atoms. The van der Waals surface area contributed by atoms with Crippen LogP contribution in [-0.2, 0) is 6.18 Å². The standard InChI is InChI=1S/C21H14F3N9O3/c22-21(23,24)18-30-14-16(31-18)32-20(35-11-3-1-2-10(7-11)29-19(27)28)33-17(14)36-13-6-9(8-25)4-5-12(13)15(26)34/h1-7H,(H2,26,34)(H4,27,28,29)(H,30,31,32,33)/p+1. The van der Waals surface area contributed by atoms with Crippen molar-refractivity contribution in [1.82, 2.24) is 15.0 Å². The molecule has 12 nitrogen and oxygen atoms in total. The summed E-state index contributed by atoms with van der Waals surface area (Å²) < 4.78 is 51.3. The predicted molar refractivity (Wildman–Crippen MR) is 117 cm³/mol. The number of fused-ring (bicyclic) bond motifs is 1. The van der Waals surface area contributed by atoms with Crippen molar-refractivity contribution in [1.29, 1.82) is 5.26 Å². The number of hydrogen-bond donors (Lipinski definition) is 4. The Balaban J connectivity index is 1.83. The molecule has 0 aliphatic rings. The van der Waals surface area contributed by atoms with Crippen molar-refractivity contribution in [3.05, 3.63) is 59.4 Å². The van der Waals surface area contributed by atoms with E-state index in [9.17, 15) is 23.2 Å². The summed E-state index contributed by atoms with van der Waals surface area (Å²) in [5.74, 6) is -2.83. The number of aliphatic imine (C=N–C) groups is 1. The van der Waals surface area contributed by atoms with Crippen molar-refractivity contribution in [3.8, 4) is 29.5 Å². The van der Waals surface area contributed by atoms with Gasteiger partial charge < -0.3 is 31.7 Å². The molecule has 0 atom stereocenters. The third kappa shape index (κ3) is 5.07. The van der Waals surface area contributed by atoms with E-state index in [1.807, 2.05) is 6.07 Å². The molecule has 0 radical (unpaired) electrons. The second kappa shape index (κ2) is 9.10. The van der Waals surface area contributed by atoms with E-state index in [1.54, 1.807) is 12.1 Å². The van der Waals surface area contributed by atoms with Gasteiger partial charge in [0.2, 0.25) is 5.82 Å². The Labute approximate surface area is 199 Å². The largest absolute Gasteiger partial charge is 0.507 e. The molecule has 2 aromatic carbocycles. The van der Waals surface area contributed by atoms with E-state index in [0.29, 0.717) is 5.69 Å². The minimum Gasteiger partial charge on any atom is -0.420 e. The van der Waals surface area contributed by atoms with Crippen LogP contribution in [0.15, 0.2) is 47.5 Å². The number of nitrogens with one attached hydrogen (secondary N) is 2. The third-order valence-corrected chi connectivity index (χ3v) is 4.49. The van der Waals surface area contributed by atoms with E-state index in [-0.39, 0.29) is 46.0 Å². The third-order valence-electron chi connectivity index (χ3n) is 4.49. The number of aromatic nitrogens is 4. The molecular formula is C21H15F3N9O3+. The smallest absolute Gasteiger partial charge is 0.420 e. The van der Waals surface area contributed by atoms with Gasteiger partial charge in [-0.3, -0.25) is 4.79 Å². The molecule has 2 heterocycles. The first kappa shape index (κ1) is 23.8. The molecule has 0 fully saturated rings. The lowest BCUT2D eigenvalue weighted by Gasteiger charge is -2.08. The Kier molecular flexibility index (Phi) is 6.00. The molecule has 0 aliphatic heterocycles. The van der Waals surface area contributed by atoms with Crippen LogP contribution in [0, 0.1) is 11.3 Å². The highest BCUT2D eigenvalue weighted by Gasteiger charge is 2.37. The summed E-state index contributed by atoms with van der Waals surface area (Å²) in [7, 11) is 0. The van der Waals surface area contributed by atoms with Crippen LogP contribution in [0.25, 0.3) is 11.2 Å². The van der Waals surface area contributed by atoms with Crippen molar-refractivity contribution in [2.45, 2.75) is 6.18 Å². The highest BCUT2D eigenvalue weighted by Crippen LogP contribution is 2.33. The Bertz CT molecular complexity index is 1550. The summed E-state index contributed by atoms with van der Waals surface area (Å²) in [6.07, 6.45) is -4.83. The number of hydrogen-bond acceptors (Lipinski definition) is 7. The van der Waals surface area contributed by atoms with Gasteiger partial charge in [0.25, 0.3) is 5.91 Å². The zero-order chi connectivity index (χ0) is 26.0. The Morgan fingerprint density at radius 2 is 1.89 bits per heavy atom. The molecule has 0 bridgehead atoms. The zero-order valence-corrected chi connectivity index (χ0v) is 17.9. The van der Waals surface area contributed by atoms with Gasteiger partial charge >= 0.3 is 23.7 Å². The van der Waals surface area contributed by atoms with Gasteiger partial charge in [0, 0.05) is 11.1 Å². The van der Waals surface area contributed by atoms with E-state index < -0.39 is 23.6 Å². The van der Waals surface area contributed by atoms with Gasteiger partial charge in [-0.2, -0.15) is 28.4 Å². The number of rotatable bonds is 6. The molecular weight excluding hydrogens is 483 g/mol. The highest BCUT2D eigenvalue weighted by molar-refractivity contribution is 5.96. The van der Waals surface area contributed by atoms with Crippen LogP contribution in [0.2, 0.25) is 0 Å². The maximum Gasteiger partial charge on any atom is 0.507 e. The molecule has 4 rings (SSSR count). The minimum absolute atomic E-state index is 0.105. The number of H-pyrrole nitrogens is 2. The Morgan fingerprint density at radius 3 is 2.56 bits per heavy atom. The topological polar surface area (TPSA) is 205 Å². The van der Waals surface area contributed by atoms with Crippen LogP contribution in [0.4, 0.5) is 18.9 Å². The summed E-state index contributed by atoms with van der Waals surface area (Å²) in [5.41, 5.74) is 15.7. The molecule has 0 unspecified atom stereocenters. The van der Waals surface area contributed by atoms with Crippen molar-refractivity contribution >= 4 is 28.7 Å². The fourth-order valence-corrected chi connectivity index (χ4v) is 3.01. The first-order valence-corrected chi connectivity index (χ1v) is 9.83. The zero-order valence-electron chi connectivity index (χ0n) is 17.9. The lowest BCUT2D eigenvalue weighted by molar-refractivity contribution is -0.405. The SMILES string of the molecule is N#Cc1ccc(C(N)=O)c(Oc2[nH+]c(Oc3cccc(N=C(N)N)c3)nc3nc(C(F)(F)F)[nH]c23)c1. The van der Waals surface area contributed by atoms with E-state index in [0.717, 1.165) is 0 Å². The van der Waals surface area contributed by atoms with Crippen molar-refractivity contribution in [3.63, 3.8) is 0 Å². The summed E-state index contributed by atoms with van der Waals surface area (Å²) in [5, 5.41) is 9.18. The van der Waals surface area contributed by atoms with E-state index >= 15 is 0 Å². The summed E-state index contributed by atoms with van der Waals surface area (Å²) in [4.78, 5) is 27.8. The number of carbonyl (C=O) groups excluding carboxylic acids is 1. The lowest BCUT2D eigenvalue weighted by Crippen LogP contribution is -2.21. The molecule has 2 aromatic heterocycles. The number of alkyl halides is 3. The average Bonchev–Trinajstić information content (AvgIpc) is 3.24. The second-order valence-electron chi connectivity index (χ2n) is 7.08. The molecule has 8 N–H and O–H groups in total. The molecule has 1 amide bonds. The van der Waals surface area contributed by atoms with Gasteiger partial charge in [-0.05, 0) is 30.3 Å². The molecule has 182 valence electrons. The normalized spacial score (nSPS) is 11.1. The van der Waals surface area contributed by atoms with Crippen molar-refractivity contribution in [2.24, 2.45) is 22.2 Å². The number of nitrogens with two attached hydrogens (primary N) is 3. The molecule has 15 heteroatoms. The average molecular weight is 498 g/mol. The fourth-order valence-electron chi connectivity index (χ4n) is 3.01. The number of amides is 1. The first-order valence-electron chi connectivity index (χ1n) is 9.83. The molecule has 0 aliphatic carbocycles. The van der Waals surface area contributed by atoms with E-state index in [2.05, 4.69) is 24.9 Å². The number of halogens is 3. The summed E-state index contributed by atoms with van der Waals surface area (Å²) in [6, 6.07) is 11.4. The minimum atomic E-state index is -4.83. The number of primary amides is 1. The van der Waals surface area contributed by atoms with Gasteiger partial charge in [-0.1, -0.05) is 6.07 Å². The number of nitriles is 1. The first-order chi connectivity index (χ1) is 17.0. The second-order valence-corrected chi connectivity index (χ2v) is 7.08. The monoisotopic (exact) mass is 498 g/mol. The molecule has 4 aromatic rings. The van der Waals surface area contributed by atoms with Crippen LogP contribution in [0.1, 0.15) is 21.7 Å². The highest BCUT2D eigenvalue weighted by atomic mass is 19.4. The summed E-state index contributed by atoms with van der Waals surface area (Å²) >= 11 is 0. The maximum atomic E-state index is 13.3. The maximum absolute atomic E-state index is 13.3. The van der Waals surface area contributed by atoms with E-state index in [4.69, 9.17) is 26.7 Å². The molecule has 0 saturated heterocycles. The molecule has 0 saturated carbocycles. The number of imidazole rings is 1. The van der Waals surface area contributed by atoms with Crippen molar-refractivity contribution < 1.29 is 32.4 Å². The number of benzene rings is 2. The van der Waals surface area contributed by atoms with Crippen molar-refractivity contribution in [2.75, 3.05) is 0 Å². The molecule has 0 spiro atoms. The summed E-state index contributed by atoms with van der Waals surface area (Å²) in [6.45, 7) is 0. The number of nitrogens with zero attached hydrogens (tertiary/aromatic N) is 4. The fraction of sp³-hybridized carbons (Fsp3) is 0.0476. The number of aromatic amines is 2. The van der Waals surface area contributed by atoms with Crippen LogP contribution in [-0.4, -0.2) is 26.8 Å². The van der Waals surface area contributed by atoms with Crippen LogP contribution in [0.5, 0.6) is 23.4 Å². The van der Waals surface area contributed by atoms with Crippen LogP contribution in [0.3, 0.4) is 0 Å². The quantitative estimate of drug-likeness (QED) is 0.228. The van der Waals surface area contributed by atoms with Crippen LogP contribution >= 0.6 is 0 Å². The number of carbonyl (C=O) groups is 1. The van der Waals surface area contributed by atoms with Gasteiger partial charge in [-0.25, -0.2) is 4.99 Å². The lowest BCUT2D eigenvalue weighted by atomic mass is 10.1. The Hall–Kier alpha value is -5.39. The number of guanidine groups is 1. The number of ether oxygens (including phenoxy) is 2. The Morgan fingerprint density at radius 1 is 1.11 bits per heavy atom. The van der Waals surface area contributed by atoms with Gasteiger partial charge in [0.1, 0.15) is 11.5 Å². The van der Waals surface area contributed by atoms with Gasteiger partial charge in [0.05, 0.1) is 22.9 Å². The van der Waals surface area contributed by atoms with E-state index in [1.165, 1.54) is 30.3 Å². The van der Waals surface area contributed by atoms with Crippen LogP contribution < -0.4 is 31.7 Å². The van der Waals surface area contributed by atoms with Gasteiger partial charge in [-0.15, -0.1) is 0 Å².